The number of carbonyl (C=O) groups excluding carboxylic acids is 2. The summed E-state index contributed by atoms with van der Waals surface area (Å²) < 4.78 is 0. The monoisotopic (exact) mass is 274 g/mol. The summed E-state index contributed by atoms with van der Waals surface area (Å²) in [6.07, 6.45) is 4.91. The Balaban J connectivity index is 2.30. The maximum atomic E-state index is 12.6. The normalized spacial score (nSPS) is 17.4. The zero-order valence-corrected chi connectivity index (χ0v) is 11.9. The third kappa shape index (κ3) is 3.00. The first-order valence-electron chi connectivity index (χ1n) is 7.18. The third-order valence-electron chi connectivity index (χ3n) is 4.14. The topological polar surface area (TPSA) is 72.2 Å². The first kappa shape index (κ1) is 14.6. The fraction of sp³-hybridized carbons (Fsp3) is 0.500. The highest BCUT2D eigenvalue weighted by molar-refractivity contribution is 5.91. The van der Waals surface area contributed by atoms with Crippen molar-refractivity contribution in [3.8, 4) is 0 Å². The summed E-state index contributed by atoms with van der Waals surface area (Å²) >= 11 is 0. The molecule has 3 N–H and O–H groups in total. The quantitative estimate of drug-likeness (QED) is 0.878. The molecule has 0 bridgehead atoms. The number of rotatable bonds is 4. The predicted molar refractivity (Wildman–Crippen MR) is 78.1 cm³/mol. The lowest BCUT2D eigenvalue weighted by molar-refractivity contribution is -0.130. The summed E-state index contributed by atoms with van der Waals surface area (Å²) in [6.45, 7) is 1.94. The Kier molecular flexibility index (Phi) is 4.42. The summed E-state index contributed by atoms with van der Waals surface area (Å²) in [6, 6.07) is 8.11. The number of amides is 2. The third-order valence-corrected chi connectivity index (χ3v) is 4.14. The van der Waals surface area contributed by atoms with Crippen LogP contribution in [0.3, 0.4) is 0 Å². The van der Waals surface area contributed by atoms with Gasteiger partial charge in [0.15, 0.2) is 0 Å². The van der Waals surface area contributed by atoms with E-state index in [0.717, 1.165) is 43.2 Å². The molecule has 2 rings (SSSR count). The Morgan fingerprint density at radius 2 is 1.95 bits per heavy atom. The number of aryl methyl sites for hydroxylation is 1. The van der Waals surface area contributed by atoms with Crippen molar-refractivity contribution in [2.45, 2.75) is 44.4 Å². The highest BCUT2D eigenvalue weighted by Gasteiger charge is 2.40. The van der Waals surface area contributed by atoms with E-state index in [1.807, 2.05) is 25.1 Å². The highest BCUT2D eigenvalue weighted by Crippen LogP contribution is 2.39. The standard InChI is InChI=1S/C16H22N2O2/c1-12-6-5-7-13(10-12)16(8-3-2-4-9-16)15(20)18-11-14(17)19/h5-7,10H,2-4,8-9,11H2,1H3,(H2,17,19)(H,18,20). The van der Waals surface area contributed by atoms with Crippen molar-refractivity contribution in [3.05, 3.63) is 35.4 Å². The van der Waals surface area contributed by atoms with Gasteiger partial charge in [-0.25, -0.2) is 0 Å². The molecule has 108 valence electrons. The van der Waals surface area contributed by atoms with Crippen molar-refractivity contribution in [2.75, 3.05) is 6.54 Å². The lowest BCUT2D eigenvalue weighted by Crippen LogP contribution is -2.48. The highest BCUT2D eigenvalue weighted by atomic mass is 16.2. The van der Waals surface area contributed by atoms with E-state index < -0.39 is 11.3 Å². The van der Waals surface area contributed by atoms with Gasteiger partial charge >= 0.3 is 0 Å². The van der Waals surface area contributed by atoms with Crippen molar-refractivity contribution in [2.24, 2.45) is 5.73 Å². The van der Waals surface area contributed by atoms with E-state index in [-0.39, 0.29) is 12.5 Å². The van der Waals surface area contributed by atoms with Crippen LogP contribution in [0.25, 0.3) is 0 Å². The van der Waals surface area contributed by atoms with Gasteiger partial charge in [-0.3, -0.25) is 9.59 Å². The van der Waals surface area contributed by atoms with E-state index >= 15 is 0 Å². The zero-order valence-electron chi connectivity index (χ0n) is 11.9. The lowest BCUT2D eigenvalue weighted by atomic mass is 9.68. The van der Waals surface area contributed by atoms with Gasteiger partial charge < -0.3 is 11.1 Å². The molecular formula is C16H22N2O2. The number of nitrogens with one attached hydrogen (secondary N) is 1. The van der Waals surface area contributed by atoms with Crippen LogP contribution in [0.4, 0.5) is 0 Å². The molecule has 20 heavy (non-hydrogen) atoms. The van der Waals surface area contributed by atoms with Crippen LogP contribution in [-0.2, 0) is 15.0 Å². The van der Waals surface area contributed by atoms with Gasteiger partial charge in [0.2, 0.25) is 11.8 Å². The van der Waals surface area contributed by atoms with E-state index in [0.29, 0.717) is 0 Å². The molecule has 1 aliphatic rings. The van der Waals surface area contributed by atoms with Crippen molar-refractivity contribution in [1.82, 2.24) is 5.32 Å². The van der Waals surface area contributed by atoms with E-state index in [1.165, 1.54) is 0 Å². The van der Waals surface area contributed by atoms with Crippen molar-refractivity contribution < 1.29 is 9.59 Å². The molecule has 1 aliphatic carbocycles. The second-order valence-corrected chi connectivity index (χ2v) is 5.66. The average Bonchev–Trinajstić information content (AvgIpc) is 2.45. The Morgan fingerprint density at radius 1 is 1.25 bits per heavy atom. The minimum atomic E-state index is -0.506. The summed E-state index contributed by atoms with van der Waals surface area (Å²) in [5, 5.41) is 2.70. The van der Waals surface area contributed by atoms with Crippen LogP contribution < -0.4 is 11.1 Å². The van der Waals surface area contributed by atoms with Crippen LogP contribution >= 0.6 is 0 Å². The molecule has 0 spiro atoms. The second-order valence-electron chi connectivity index (χ2n) is 5.66. The van der Waals surface area contributed by atoms with E-state index in [9.17, 15) is 9.59 Å². The van der Waals surface area contributed by atoms with Gasteiger partial charge in [-0.15, -0.1) is 0 Å². The molecule has 2 amide bonds. The summed E-state index contributed by atoms with van der Waals surface area (Å²) in [4.78, 5) is 23.5. The van der Waals surface area contributed by atoms with Gasteiger partial charge in [-0.05, 0) is 25.3 Å². The van der Waals surface area contributed by atoms with Crippen molar-refractivity contribution in [1.29, 1.82) is 0 Å². The first-order valence-corrected chi connectivity index (χ1v) is 7.18. The average molecular weight is 274 g/mol. The Hall–Kier alpha value is -1.84. The second kappa shape index (κ2) is 6.07. The van der Waals surface area contributed by atoms with Crippen LogP contribution in [0.1, 0.15) is 43.2 Å². The molecule has 0 aliphatic heterocycles. The minimum Gasteiger partial charge on any atom is -0.368 e. The van der Waals surface area contributed by atoms with Gasteiger partial charge in [0, 0.05) is 0 Å². The zero-order chi connectivity index (χ0) is 14.6. The Bertz CT molecular complexity index is 505. The fourth-order valence-corrected chi connectivity index (χ4v) is 3.08. The Labute approximate surface area is 119 Å². The molecule has 0 unspecified atom stereocenters. The molecule has 0 saturated heterocycles. The van der Waals surface area contributed by atoms with Gasteiger partial charge in [0.05, 0.1) is 12.0 Å². The van der Waals surface area contributed by atoms with E-state index in [2.05, 4.69) is 11.4 Å². The van der Waals surface area contributed by atoms with Crippen LogP contribution in [0.2, 0.25) is 0 Å². The largest absolute Gasteiger partial charge is 0.368 e. The van der Waals surface area contributed by atoms with Gasteiger partial charge in [-0.2, -0.15) is 0 Å². The van der Waals surface area contributed by atoms with Crippen LogP contribution in [0.5, 0.6) is 0 Å². The van der Waals surface area contributed by atoms with Crippen LogP contribution in [0.15, 0.2) is 24.3 Å². The molecule has 0 atom stereocenters. The molecule has 0 radical (unpaired) electrons. The predicted octanol–water partition coefficient (Wildman–Crippen LogP) is 1.80. The lowest BCUT2D eigenvalue weighted by Gasteiger charge is -2.36. The van der Waals surface area contributed by atoms with Crippen molar-refractivity contribution >= 4 is 11.8 Å². The number of carbonyl (C=O) groups is 2. The summed E-state index contributed by atoms with van der Waals surface area (Å²) in [7, 11) is 0. The van der Waals surface area contributed by atoms with E-state index in [1.54, 1.807) is 0 Å². The van der Waals surface area contributed by atoms with Gasteiger partial charge in [0.25, 0.3) is 0 Å². The molecule has 1 saturated carbocycles. The maximum Gasteiger partial charge on any atom is 0.236 e. The fourth-order valence-electron chi connectivity index (χ4n) is 3.08. The smallest absolute Gasteiger partial charge is 0.236 e. The molecule has 4 nitrogen and oxygen atoms in total. The molecule has 4 heteroatoms. The molecule has 1 aromatic carbocycles. The van der Waals surface area contributed by atoms with Crippen molar-refractivity contribution in [3.63, 3.8) is 0 Å². The molecule has 1 fully saturated rings. The number of benzene rings is 1. The Morgan fingerprint density at radius 3 is 2.55 bits per heavy atom. The number of hydrogen-bond donors (Lipinski definition) is 2. The number of nitrogens with two attached hydrogens (primary N) is 1. The first-order chi connectivity index (χ1) is 9.54. The van der Waals surface area contributed by atoms with E-state index in [4.69, 9.17) is 5.73 Å². The van der Waals surface area contributed by atoms with Gasteiger partial charge in [0.1, 0.15) is 0 Å². The van der Waals surface area contributed by atoms with Gasteiger partial charge in [-0.1, -0.05) is 49.1 Å². The molecule has 0 heterocycles. The number of hydrogen-bond acceptors (Lipinski definition) is 2. The summed E-state index contributed by atoms with van der Waals surface area (Å²) in [5.74, 6) is -0.574. The van der Waals surface area contributed by atoms with Crippen LogP contribution in [-0.4, -0.2) is 18.4 Å². The summed E-state index contributed by atoms with van der Waals surface area (Å²) in [5.41, 5.74) is 6.83. The minimum absolute atomic E-state index is 0.0680. The number of primary amides is 1. The van der Waals surface area contributed by atoms with Crippen LogP contribution in [0, 0.1) is 6.92 Å². The molecule has 0 aromatic heterocycles. The molecular weight excluding hydrogens is 252 g/mol. The maximum absolute atomic E-state index is 12.6. The SMILES string of the molecule is Cc1cccc(C2(C(=O)NCC(N)=O)CCCCC2)c1. The molecule has 1 aromatic rings.